The summed E-state index contributed by atoms with van der Waals surface area (Å²) >= 11 is 0. The first-order valence-corrected chi connectivity index (χ1v) is 11.2. The molecule has 4 nitrogen and oxygen atoms in total. The maximum absolute atomic E-state index is 13.6. The highest BCUT2D eigenvalue weighted by molar-refractivity contribution is 6.07. The number of likely N-dealkylation sites (tertiary alicyclic amines) is 2. The quantitative estimate of drug-likeness (QED) is 0.628. The molecule has 0 radical (unpaired) electrons. The number of aryl methyl sites for hydroxylation is 1. The second kappa shape index (κ2) is 8.19. The number of benzene rings is 2. The first kappa shape index (κ1) is 19.3. The molecule has 0 spiro atoms. The Kier molecular flexibility index (Phi) is 5.26. The number of amides is 1. The molecule has 2 aliphatic rings. The van der Waals surface area contributed by atoms with Crippen LogP contribution in [0.1, 0.15) is 41.6 Å². The van der Waals surface area contributed by atoms with Crippen LogP contribution in [-0.4, -0.2) is 52.9 Å². The molecule has 2 saturated heterocycles. The molecule has 0 aliphatic carbocycles. The van der Waals surface area contributed by atoms with Gasteiger partial charge in [-0.1, -0.05) is 48.0 Å². The normalized spacial score (nSPS) is 18.2. The Morgan fingerprint density at radius 1 is 0.933 bits per heavy atom. The fourth-order valence-corrected chi connectivity index (χ4v) is 4.94. The van der Waals surface area contributed by atoms with Gasteiger partial charge in [-0.3, -0.25) is 4.79 Å². The van der Waals surface area contributed by atoms with Crippen molar-refractivity contribution in [3.63, 3.8) is 0 Å². The molecule has 30 heavy (non-hydrogen) atoms. The zero-order valence-corrected chi connectivity index (χ0v) is 17.7. The molecule has 2 aliphatic heterocycles. The Bertz CT molecular complexity index is 1050. The van der Waals surface area contributed by atoms with E-state index in [1.165, 1.54) is 31.5 Å². The summed E-state index contributed by atoms with van der Waals surface area (Å²) in [5.41, 5.74) is 4.79. The van der Waals surface area contributed by atoms with E-state index in [2.05, 4.69) is 36.1 Å². The van der Waals surface area contributed by atoms with Crippen molar-refractivity contribution >= 4 is 16.8 Å². The Hall–Kier alpha value is -2.72. The van der Waals surface area contributed by atoms with E-state index >= 15 is 0 Å². The highest BCUT2D eigenvalue weighted by atomic mass is 16.2. The standard InChI is InChI=1S/C26H29N3O/c1-19-8-10-20(11-9-19)25-18-23(22-6-2-3-7-24(22)27-25)26(30)29-16-12-21(13-17-29)28-14-4-5-15-28/h2-3,6-11,18,21H,4-5,12-17H2,1H3. The van der Waals surface area contributed by atoms with Crippen molar-refractivity contribution < 1.29 is 4.79 Å². The molecule has 0 saturated carbocycles. The molecule has 154 valence electrons. The lowest BCUT2D eigenvalue weighted by Gasteiger charge is -2.36. The summed E-state index contributed by atoms with van der Waals surface area (Å²) < 4.78 is 0. The number of carbonyl (C=O) groups is 1. The van der Waals surface area contributed by atoms with Gasteiger partial charge in [-0.05, 0) is 57.8 Å². The number of nitrogens with zero attached hydrogens (tertiary/aromatic N) is 3. The molecule has 5 rings (SSSR count). The fourth-order valence-electron chi connectivity index (χ4n) is 4.94. The summed E-state index contributed by atoms with van der Waals surface area (Å²) in [4.78, 5) is 23.1. The first-order valence-electron chi connectivity index (χ1n) is 11.2. The molecular weight excluding hydrogens is 370 g/mol. The monoisotopic (exact) mass is 399 g/mol. The molecule has 1 aromatic heterocycles. The molecule has 4 heteroatoms. The number of hydrogen-bond acceptors (Lipinski definition) is 3. The third kappa shape index (κ3) is 3.72. The van der Waals surface area contributed by atoms with Crippen molar-refractivity contribution in [2.45, 2.75) is 38.6 Å². The first-order chi connectivity index (χ1) is 14.7. The number of hydrogen-bond donors (Lipinski definition) is 0. The highest BCUT2D eigenvalue weighted by Gasteiger charge is 2.29. The maximum Gasteiger partial charge on any atom is 0.254 e. The van der Waals surface area contributed by atoms with Gasteiger partial charge in [0.05, 0.1) is 16.8 Å². The van der Waals surface area contributed by atoms with E-state index in [1.807, 2.05) is 35.2 Å². The molecule has 2 fully saturated rings. The molecule has 3 heterocycles. The van der Waals surface area contributed by atoms with Gasteiger partial charge >= 0.3 is 0 Å². The van der Waals surface area contributed by atoms with E-state index in [-0.39, 0.29) is 5.91 Å². The molecule has 0 atom stereocenters. The number of para-hydroxylation sites is 1. The minimum atomic E-state index is 0.141. The Balaban J connectivity index is 1.44. The number of aromatic nitrogens is 1. The lowest BCUT2D eigenvalue weighted by Crippen LogP contribution is -2.46. The third-order valence-corrected chi connectivity index (χ3v) is 6.70. The number of rotatable bonds is 3. The Labute approximate surface area is 178 Å². The van der Waals surface area contributed by atoms with Gasteiger partial charge < -0.3 is 9.80 Å². The van der Waals surface area contributed by atoms with Crippen LogP contribution in [0.3, 0.4) is 0 Å². The van der Waals surface area contributed by atoms with Gasteiger partial charge in [-0.25, -0.2) is 4.98 Å². The van der Waals surface area contributed by atoms with Crippen LogP contribution in [-0.2, 0) is 0 Å². The van der Waals surface area contributed by atoms with Crippen LogP contribution >= 0.6 is 0 Å². The molecule has 1 amide bonds. The number of piperidine rings is 1. The van der Waals surface area contributed by atoms with E-state index in [9.17, 15) is 4.79 Å². The van der Waals surface area contributed by atoms with E-state index in [0.29, 0.717) is 6.04 Å². The van der Waals surface area contributed by atoms with Gasteiger partial charge in [0.15, 0.2) is 0 Å². The lowest BCUT2D eigenvalue weighted by atomic mass is 9.99. The van der Waals surface area contributed by atoms with Gasteiger partial charge in [0.1, 0.15) is 0 Å². The minimum absolute atomic E-state index is 0.141. The summed E-state index contributed by atoms with van der Waals surface area (Å²) in [5, 5.41) is 0.944. The molecule has 3 aromatic rings. The van der Waals surface area contributed by atoms with E-state index in [4.69, 9.17) is 4.98 Å². The predicted octanol–water partition coefficient (Wildman–Crippen LogP) is 4.91. The summed E-state index contributed by atoms with van der Waals surface area (Å²) in [5.74, 6) is 0.141. The summed E-state index contributed by atoms with van der Waals surface area (Å²) in [6.07, 6.45) is 4.81. The summed E-state index contributed by atoms with van der Waals surface area (Å²) in [6, 6.07) is 19.0. The number of carbonyl (C=O) groups excluding carboxylic acids is 1. The van der Waals surface area contributed by atoms with Crippen LogP contribution < -0.4 is 0 Å². The van der Waals surface area contributed by atoms with Crippen LogP contribution in [0, 0.1) is 6.92 Å². The van der Waals surface area contributed by atoms with Gasteiger partial charge in [0.25, 0.3) is 5.91 Å². The second-order valence-corrected chi connectivity index (χ2v) is 8.70. The van der Waals surface area contributed by atoms with Crippen LogP contribution in [0.2, 0.25) is 0 Å². The molecular formula is C26H29N3O. The third-order valence-electron chi connectivity index (χ3n) is 6.70. The SMILES string of the molecule is Cc1ccc(-c2cc(C(=O)N3CCC(N4CCCC4)CC3)c3ccccc3n2)cc1. The van der Waals surface area contributed by atoms with Crippen molar-refractivity contribution in [2.75, 3.05) is 26.2 Å². The molecule has 0 N–H and O–H groups in total. The lowest BCUT2D eigenvalue weighted by molar-refractivity contribution is 0.0646. The Morgan fingerprint density at radius 3 is 2.37 bits per heavy atom. The van der Waals surface area contributed by atoms with E-state index in [1.54, 1.807) is 0 Å². The van der Waals surface area contributed by atoms with Crippen LogP contribution in [0.25, 0.3) is 22.2 Å². The van der Waals surface area contributed by atoms with Gasteiger partial charge in [-0.2, -0.15) is 0 Å². The zero-order chi connectivity index (χ0) is 20.5. The van der Waals surface area contributed by atoms with Crippen molar-refractivity contribution in [3.8, 4) is 11.3 Å². The van der Waals surface area contributed by atoms with E-state index < -0.39 is 0 Å². The molecule has 2 aromatic carbocycles. The highest BCUT2D eigenvalue weighted by Crippen LogP contribution is 2.28. The van der Waals surface area contributed by atoms with Crippen molar-refractivity contribution in [3.05, 3.63) is 65.7 Å². The second-order valence-electron chi connectivity index (χ2n) is 8.70. The average molecular weight is 400 g/mol. The topological polar surface area (TPSA) is 36.4 Å². The zero-order valence-electron chi connectivity index (χ0n) is 17.7. The van der Waals surface area contributed by atoms with Gasteiger partial charge in [0, 0.05) is 30.1 Å². The average Bonchev–Trinajstić information content (AvgIpc) is 3.33. The van der Waals surface area contributed by atoms with Crippen LogP contribution in [0.15, 0.2) is 54.6 Å². The van der Waals surface area contributed by atoms with Crippen molar-refractivity contribution in [1.82, 2.24) is 14.8 Å². The smallest absolute Gasteiger partial charge is 0.254 e. The number of fused-ring (bicyclic) bond motifs is 1. The number of pyridine rings is 1. The summed E-state index contributed by atoms with van der Waals surface area (Å²) in [7, 11) is 0. The van der Waals surface area contributed by atoms with E-state index in [0.717, 1.165) is 53.7 Å². The Morgan fingerprint density at radius 2 is 1.63 bits per heavy atom. The molecule has 0 unspecified atom stereocenters. The van der Waals surface area contributed by atoms with Crippen LogP contribution in [0.5, 0.6) is 0 Å². The predicted molar refractivity (Wildman–Crippen MR) is 122 cm³/mol. The van der Waals surface area contributed by atoms with Gasteiger partial charge in [-0.15, -0.1) is 0 Å². The van der Waals surface area contributed by atoms with Crippen molar-refractivity contribution in [1.29, 1.82) is 0 Å². The fraction of sp³-hybridized carbons (Fsp3) is 0.385. The maximum atomic E-state index is 13.6. The van der Waals surface area contributed by atoms with Crippen LogP contribution in [0.4, 0.5) is 0 Å². The van der Waals surface area contributed by atoms with Gasteiger partial charge in [0.2, 0.25) is 0 Å². The van der Waals surface area contributed by atoms with Crippen molar-refractivity contribution in [2.24, 2.45) is 0 Å². The molecule has 0 bridgehead atoms. The summed E-state index contributed by atoms with van der Waals surface area (Å²) in [6.45, 7) is 6.23. The largest absolute Gasteiger partial charge is 0.339 e. The minimum Gasteiger partial charge on any atom is -0.339 e.